The van der Waals surface area contributed by atoms with Gasteiger partial charge in [0.05, 0.1) is 37.6 Å². The van der Waals surface area contributed by atoms with Gasteiger partial charge in [-0.25, -0.2) is 4.98 Å². The summed E-state index contributed by atoms with van der Waals surface area (Å²) in [6, 6.07) is 9.39. The van der Waals surface area contributed by atoms with Gasteiger partial charge in [0.2, 0.25) is 0 Å². The summed E-state index contributed by atoms with van der Waals surface area (Å²) < 4.78 is 17.1. The van der Waals surface area contributed by atoms with Crippen LogP contribution in [0, 0.1) is 6.92 Å². The molecule has 2 aromatic carbocycles. The van der Waals surface area contributed by atoms with E-state index in [1.54, 1.807) is 31.3 Å². The molecule has 10 heteroatoms. The van der Waals surface area contributed by atoms with Crippen LogP contribution in [0.5, 0.6) is 11.5 Å². The van der Waals surface area contributed by atoms with Crippen molar-refractivity contribution in [2.45, 2.75) is 13.3 Å². The molecular weight excluding hydrogens is 521 g/mol. The van der Waals surface area contributed by atoms with Crippen LogP contribution in [0.4, 0.5) is 5.13 Å². The Bertz CT molecular complexity index is 1210. The first kappa shape index (κ1) is 28.2. The maximum Gasteiger partial charge on any atom is 0.252 e. The topological polar surface area (TPSA) is 64.1 Å². The first-order chi connectivity index (χ1) is 17.0. The van der Waals surface area contributed by atoms with Crippen molar-refractivity contribution in [3.63, 3.8) is 0 Å². The fourth-order valence-electron chi connectivity index (χ4n) is 4.00. The lowest BCUT2D eigenvalue weighted by Crippen LogP contribution is -2.39. The number of amides is 1. The minimum atomic E-state index is -0.121. The molecule has 1 amide bonds. The molecule has 1 fully saturated rings. The lowest BCUT2D eigenvalue weighted by Gasteiger charge is -2.27. The molecule has 7 nitrogen and oxygen atoms in total. The van der Waals surface area contributed by atoms with Crippen LogP contribution in [0.3, 0.4) is 0 Å². The first-order valence-electron chi connectivity index (χ1n) is 11.6. The van der Waals surface area contributed by atoms with E-state index in [0.29, 0.717) is 28.2 Å². The van der Waals surface area contributed by atoms with Gasteiger partial charge in [0.15, 0.2) is 16.6 Å². The Morgan fingerprint density at radius 1 is 1.19 bits per heavy atom. The Morgan fingerprint density at radius 3 is 2.67 bits per heavy atom. The van der Waals surface area contributed by atoms with Gasteiger partial charge in [-0.15, -0.1) is 12.4 Å². The Kier molecular flexibility index (Phi) is 10.4. The van der Waals surface area contributed by atoms with Crippen LogP contribution in [0.2, 0.25) is 5.02 Å². The zero-order valence-corrected chi connectivity index (χ0v) is 23.0. The molecule has 1 aliphatic rings. The number of hydrogen-bond acceptors (Lipinski definition) is 7. The normalized spacial score (nSPS) is 14.1. The van der Waals surface area contributed by atoms with Gasteiger partial charge in [0, 0.05) is 37.3 Å². The highest BCUT2D eigenvalue weighted by molar-refractivity contribution is 7.22. The molecule has 194 valence electrons. The van der Waals surface area contributed by atoms with Crippen LogP contribution >= 0.6 is 35.3 Å². The third-order valence-electron chi connectivity index (χ3n) is 6.02. The summed E-state index contributed by atoms with van der Waals surface area (Å²) in [5.74, 6) is 1.14. The summed E-state index contributed by atoms with van der Waals surface area (Å²) in [7, 11) is 3.19. The third-order valence-corrected chi connectivity index (χ3v) is 7.47. The standard InChI is InChI=1S/C26H30ClN3O4S.ClH/c1-18-20(27)7-9-23-25(18)28-26(35-23)30(12-4-11-29-13-15-34-16-14-29)24(31)10-6-19-5-8-21(32-2)22(17-19)33-3;/h5-10,17H,4,11-16H2,1-3H3;1H/b10-6+;. The molecule has 0 bridgehead atoms. The maximum absolute atomic E-state index is 13.4. The van der Waals surface area contributed by atoms with Gasteiger partial charge in [0.25, 0.3) is 5.91 Å². The molecule has 2 heterocycles. The van der Waals surface area contributed by atoms with Gasteiger partial charge in [-0.3, -0.25) is 14.6 Å². The fraction of sp³-hybridized carbons (Fsp3) is 0.385. The van der Waals surface area contributed by atoms with E-state index in [1.165, 1.54) is 11.3 Å². The number of hydrogen-bond donors (Lipinski definition) is 0. The number of morpholine rings is 1. The maximum atomic E-state index is 13.4. The zero-order chi connectivity index (χ0) is 24.8. The number of benzene rings is 2. The Labute approximate surface area is 227 Å². The number of methoxy groups -OCH3 is 2. The summed E-state index contributed by atoms with van der Waals surface area (Å²) in [5.41, 5.74) is 2.61. The van der Waals surface area contributed by atoms with Crippen LogP contribution in [0.1, 0.15) is 17.5 Å². The molecule has 0 aliphatic carbocycles. The molecule has 0 atom stereocenters. The summed E-state index contributed by atoms with van der Waals surface area (Å²) >= 11 is 7.82. The van der Waals surface area contributed by atoms with Crippen molar-refractivity contribution in [1.29, 1.82) is 0 Å². The molecule has 1 saturated heterocycles. The summed E-state index contributed by atoms with van der Waals surface area (Å²) in [6.45, 7) is 6.79. The second kappa shape index (κ2) is 13.3. The molecule has 0 saturated carbocycles. The molecule has 0 N–H and O–H groups in total. The smallest absolute Gasteiger partial charge is 0.252 e. The van der Waals surface area contributed by atoms with Gasteiger partial charge in [-0.2, -0.15) is 0 Å². The largest absolute Gasteiger partial charge is 0.493 e. The predicted molar refractivity (Wildman–Crippen MR) is 149 cm³/mol. The number of anilines is 1. The number of carbonyl (C=O) groups is 1. The molecule has 36 heavy (non-hydrogen) atoms. The van der Waals surface area contributed by atoms with E-state index in [4.69, 9.17) is 30.8 Å². The Balaban J connectivity index is 0.00000361. The minimum Gasteiger partial charge on any atom is -0.493 e. The molecule has 0 radical (unpaired) electrons. The van der Waals surface area contributed by atoms with Gasteiger partial charge >= 0.3 is 0 Å². The Hall–Kier alpha value is -2.36. The molecule has 4 rings (SSSR count). The highest BCUT2D eigenvalue weighted by Gasteiger charge is 2.20. The lowest BCUT2D eigenvalue weighted by molar-refractivity contribution is -0.114. The zero-order valence-electron chi connectivity index (χ0n) is 20.7. The molecule has 0 spiro atoms. The van der Waals surface area contributed by atoms with E-state index in [9.17, 15) is 4.79 Å². The van der Waals surface area contributed by atoms with Crippen molar-refractivity contribution in [3.8, 4) is 11.5 Å². The summed E-state index contributed by atoms with van der Waals surface area (Å²) in [5, 5.41) is 1.35. The third kappa shape index (κ3) is 6.69. The molecular formula is C26H31Cl2N3O4S. The van der Waals surface area contributed by atoms with E-state index >= 15 is 0 Å². The van der Waals surface area contributed by atoms with Crippen molar-refractivity contribution >= 4 is 62.7 Å². The van der Waals surface area contributed by atoms with E-state index in [-0.39, 0.29) is 18.3 Å². The number of thiazole rings is 1. The second-order valence-corrected chi connectivity index (χ2v) is 9.68. The highest BCUT2D eigenvalue weighted by Crippen LogP contribution is 2.34. The van der Waals surface area contributed by atoms with Crippen LogP contribution < -0.4 is 14.4 Å². The van der Waals surface area contributed by atoms with Gasteiger partial charge in [0.1, 0.15) is 0 Å². The van der Waals surface area contributed by atoms with Crippen molar-refractivity contribution in [2.24, 2.45) is 0 Å². The first-order valence-corrected chi connectivity index (χ1v) is 12.8. The Morgan fingerprint density at radius 2 is 1.94 bits per heavy atom. The van der Waals surface area contributed by atoms with E-state index in [1.807, 2.05) is 37.3 Å². The summed E-state index contributed by atoms with van der Waals surface area (Å²) in [4.78, 5) is 22.3. The molecule has 1 aromatic heterocycles. The van der Waals surface area contributed by atoms with Crippen molar-refractivity contribution < 1.29 is 19.0 Å². The van der Waals surface area contributed by atoms with Gasteiger partial charge in [-0.1, -0.05) is 29.0 Å². The van der Waals surface area contributed by atoms with Crippen LogP contribution in [0.25, 0.3) is 16.3 Å². The SMILES string of the molecule is COc1ccc(/C=C/C(=O)N(CCCN2CCOCC2)c2nc3c(C)c(Cl)ccc3s2)cc1OC.Cl. The van der Waals surface area contributed by atoms with Gasteiger partial charge in [-0.05, 0) is 54.8 Å². The van der Waals surface area contributed by atoms with Crippen LogP contribution in [0.15, 0.2) is 36.4 Å². The van der Waals surface area contributed by atoms with Crippen molar-refractivity contribution in [2.75, 3.05) is 58.5 Å². The minimum absolute atomic E-state index is 0. The molecule has 3 aromatic rings. The number of ether oxygens (including phenoxy) is 3. The number of fused-ring (bicyclic) bond motifs is 1. The fourth-order valence-corrected chi connectivity index (χ4v) is 5.20. The number of aryl methyl sites for hydroxylation is 1. The average molecular weight is 553 g/mol. The van der Waals surface area contributed by atoms with E-state index in [0.717, 1.165) is 60.6 Å². The van der Waals surface area contributed by atoms with Crippen LogP contribution in [-0.4, -0.2) is 69.4 Å². The van der Waals surface area contributed by atoms with Crippen molar-refractivity contribution in [3.05, 3.63) is 52.6 Å². The molecule has 1 aliphatic heterocycles. The van der Waals surface area contributed by atoms with Crippen LogP contribution in [-0.2, 0) is 9.53 Å². The summed E-state index contributed by atoms with van der Waals surface area (Å²) in [6.07, 6.45) is 4.21. The average Bonchev–Trinajstić information content (AvgIpc) is 3.32. The predicted octanol–water partition coefficient (Wildman–Crippen LogP) is 5.47. The number of nitrogens with zero attached hydrogens (tertiary/aromatic N) is 3. The lowest BCUT2D eigenvalue weighted by atomic mass is 10.2. The monoisotopic (exact) mass is 551 g/mol. The number of aromatic nitrogens is 1. The number of rotatable bonds is 9. The number of carbonyl (C=O) groups excluding carboxylic acids is 1. The second-order valence-electron chi connectivity index (χ2n) is 8.26. The van der Waals surface area contributed by atoms with E-state index < -0.39 is 0 Å². The number of halogens is 2. The highest BCUT2D eigenvalue weighted by atomic mass is 35.5. The van der Waals surface area contributed by atoms with Gasteiger partial charge < -0.3 is 14.2 Å². The molecule has 0 unspecified atom stereocenters. The van der Waals surface area contributed by atoms with E-state index in [2.05, 4.69) is 4.90 Å². The quantitative estimate of drug-likeness (QED) is 0.329. The van der Waals surface area contributed by atoms with Crippen molar-refractivity contribution in [1.82, 2.24) is 9.88 Å².